The summed E-state index contributed by atoms with van der Waals surface area (Å²) in [4.78, 5) is 16.2. The zero-order chi connectivity index (χ0) is 14.8. The first-order valence-electron chi connectivity index (χ1n) is 6.52. The van der Waals surface area contributed by atoms with Crippen molar-refractivity contribution in [3.8, 4) is 0 Å². The van der Waals surface area contributed by atoms with E-state index in [-0.39, 0.29) is 11.7 Å². The monoisotopic (exact) mass is 296 g/mol. The number of aryl methyl sites for hydroxylation is 1. The van der Waals surface area contributed by atoms with Crippen LogP contribution in [0.4, 0.5) is 0 Å². The molecule has 0 aromatic carbocycles. The summed E-state index contributed by atoms with van der Waals surface area (Å²) in [5.41, 5.74) is 5.08. The van der Waals surface area contributed by atoms with E-state index in [9.17, 15) is 4.79 Å². The van der Waals surface area contributed by atoms with Gasteiger partial charge in [-0.15, -0.1) is 11.3 Å². The Bertz CT molecular complexity index is 518. The molecule has 1 aromatic heterocycles. The van der Waals surface area contributed by atoms with E-state index in [1.54, 1.807) is 6.07 Å². The standard InChI is InChI=1S/C13H20N4O2S/c1-9-3-4-10(20-9)11(18)15-13(12(14)16-19)5-7-17(2)8-6-13/h3-4,19H,5-8H2,1-2H3,(H2,14,16)(H,15,18). The molecule has 7 heteroatoms. The highest BCUT2D eigenvalue weighted by Gasteiger charge is 2.39. The molecule has 1 aliphatic heterocycles. The third-order valence-electron chi connectivity index (χ3n) is 3.76. The molecule has 1 saturated heterocycles. The second-order valence-electron chi connectivity index (χ2n) is 5.24. The van der Waals surface area contributed by atoms with Gasteiger partial charge in [0.15, 0.2) is 5.84 Å². The summed E-state index contributed by atoms with van der Waals surface area (Å²) in [6.45, 7) is 3.54. The van der Waals surface area contributed by atoms with Crippen LogP contribution in [0.2, 0.25) is 0 Å². The van der Waals surface area contributed by atoms with Gasteiger partial charge in [-0.3, -0.25) is 4.79 Å². The molecule has 2 rings (SSSR count). The van der Waals surface area contributed by atoms with E-state index in [2.05, 4.69) is 15.4 Å². The van der Waals surface area contributed by atoms with Crippen molar-refractivity contribution in [2.45, 2.75) is 25.3 Å². The first-order chi connectivity index (χ1) is 9.47. The van der Waals surface area contributed by atoms with Gasteiger partial charge in [0, 0.05) is 18.0 Å². The lowest BCUT2D eigenvalue weighted by Gasteiger charge is -2.40. The van der Waals surface area contributed by atoms with Gasteiger partial charge in [-0.2, -0.15) is 0 Å². The van der Waals surface area contributed by atoms with Crippen molar-refractivity contribution in [2.75, 3.05) is 20.1 Å². The van der Waals surface area contributed by atoms with Crippen molar-refractivity contribution < 1.29 is 10.0 Å². The lowest BCUT2D eigenvalue weighted by atomic mass is 9.86. The minimum absolute atomic E-state index is 0.0761. The lowest BCUT2D eigenvalue weighted by Crippen LogP contribution is -2.62. The quantitative estimate of drug-likeness (QED) is 0.336. The van der Waals surface area contributed by atoms with Crippen LogP contribution < -0.4 is 11.1 Å². The maximum atomic E-state index is 12.3. The molecule has 1 aromatic rings. The SMILES string of the molecule is Cc1ccc(C(=O)NC2(/C(N)=N/O)CCN(C)CC2)s1. The van der Waals surface area contributed by atoms with Gasteiger partial charge in [0.2, 0.25) is 0 Å². The van der Waals surface area contributed by atoms with Gasteiger partial charge in [0.1, 0.15) is 5.54 Å². The Morgan fingerprint density at radius 2 is 2.15 bits per heavy atom. The van der Waals surface area contributed by atoms with E-state index >= 15 is 0 Å². The van der Waals surface area contributed by atoms with E-state index in [0.29, 0.717) is 17.7 Å². The summed E-state index contributed by atoms with van der Waals surface area (Å²) >= 11 is 1.44. The number of rotatable bonds is 3. The number of oxime groups is 1. The fourth-order valence-electron chi connectivity index (χ4n) is 2.38. The van der Waals surface area contributed by atoms with Crippen LogP contribution in [0.3, 0.4) is 0 Å². The van der Waals surface area contributed by atoms with Gasteiger partial charge in [-0.1, -0.05) is 5.16 Å². The molecule has 4 N–H and O–H groups in total. The van der Waals surface area contributed by atoms with Gasteiger partial charge in [0.05, 0.1) is 4.88 Å². The third-order valence-corrected chi connectivity index (χ3v) is 4.76. The Morgan fingerprint density at radius 3 is 2.65 bits per heavy atom. The Kier molecular flexibility index (Phi) is 4.29. The number of nitrogens with two attached hydrogens (primary N) is 1. The van der Waals surface area contributed by atoms with Crippen LogP contribution in [0, 0.1) is 6.92 Å². The second-order valence-corrected chi connectivity index (χ2v) is 6.52. The summed E-state index contributed by atoms with van der Waals surface area (Å²) in [7, 11) is 2.01. The Labute approximate surface area is 122 Å². The highest BCUT2D eigenvalue weighted by molar-refractivity contribution is 7.13. The molecule has 0 radical (unpaired) electrons. The van der Waals surface area contributed by atoms with Crippen molar-refractivity contribution in [1.82, 2.24) is 10.2 Å². The van der Waals surface area contributed by atoms with Crippen LogP contribution in [-0.4, -0.2) is 47.5 Å². The van der Waals surface area contributed by atoms with Crippen molar-refractivity contribution >= 4 is 23.1 Å². The Morgan fingerprint density at radius 1 is 1.50 bits per heavy atom. The number of thiophene rings is 1. The zero-order valence-corrected chi connectivity index (χ0v) is 12.5. The molecule has 1 amide bonds. The van der Waals surface area contributed by atoms with E-state index in [4.69, 9.17) is 10.9 Å². The van der Waals surface area contributed by atoms with Gasteiger partial charge < -0.3 is 21.2 Å². The van der Waals surface area contributed by atoms with Crippen LogP contribution in [0.15, 0.2) is 17.3 Å². The molecule has 0 aliphatic carbocycles. The van der Waals surface area contributed by atoms with E-state index in [1.807, 2.05) is 20.0 Å². The van der Waals surface area contributed by atoms with Crippen LogP contribution in [0.5, 0.6) is 0 Å². The maximum absolute atomic E-state index is 12.3. The fourth-order valence-corrected chi connectivity index (χ4v) is 3.14. The van der Waals surface area contributed by atoms with Crippen LogP contribution in [-0.2, 0) is 0 Å². The van der Waals surface area contributed by atoms with Gasteiger partial charge in [-0.05, 0) is 38.9 Å². The number of likely N-dealkylation sites (tertiary alicyclic amines) is 1. The molecule has 0 unspecified atom stereocenters. The number of nitrogens with zero attached hydrogens (tertiary/aromatic N) is 2. The van der Waals surface area contributed by atoms with Gasteiger partial charge in [-0.25, -0.2) is 0 Å². The third kappa shape index (κ3) is 2.94. The van der Waals surface area contributed by atoms with E-state index in [0.717, 1.165) is 18.0 Å². The molecule has 20 heavy (non-hydrogen) atoms. The molecule has 110 valence electrons. The van der Waals surface area contributed by atoms with E-state index in [1.165, 1.54) is 11.3 Å². The number of nitrogens with one attached hydrogen (secondary N) is 1. The number of carbonyl (C=O) groups excluding carboxylic acids is 1. The molecule has 0 spiro atoms. The highest BCUT2D eigenvalue weighted by Crippen LogP contribution is 2.24. The van der Waals surface area contributed by atoms with Crippen molar-refractivity contribution in [1.29, 1.82) is 0 Å². The van der Waals surface area contributed by atoms with Crippen molar-refractivity contribution in [3.05, 3.63) is 21.9 Å². The summed E-state index contributed by atoms with van der Waals surface area (Å²) in [6, 6.07) is 3.70. The second kappa shape index (κ2) is 5.80. The summed E-state index contributed by atoms with van der Waals surface area (Å²) < 4.78 is 0. The minimum atomic E-state index is -0.754. The first kappa shape index (κ1) is 14.8. The number of hydrogen-bond donors (Lipinski definition) is 3. The average molecular weight is 296 g/mol. The maximum Gasteiger partial charge on any atom is 0.262 e. The van der Waals surface area contributed by atoms with Crippen LogP contribution >= 0.6 is 11.3 Å². The summed E-state index contributed by atoms with van der Waals surface area (Å²) in [5.74, 6) is -0.0912. The minimum Gasteiger partial charge on any atom is -0.409 e. The number of carbonyl (C=O) groups is 1. The number of amidine groups is 1. The Balaban J connectivity index is 2.18. The van der Waals surface area contributed by atoms with Crippen molar-refractivity contribution in [2.24, 2.45) is 10.9 Å². The lowest BCUT2D eigenvalue weighted by molar-refractivity contribution is 0.0890. The van der Waals surface area contributed by atoms with E-state index < -0.39 is 5.54 Å². The largest absolute Gasteiger partial charge is 0.409 e. The van der Waals surface area contributed by atoms with Crippen molar-refractivity contribution in [3.63, 3.8) is 0 Å². The predicted molar refractivity (Wildman–Crippen MR) is 79.4 cm³/mol. The molecule has 2 heterocycles. The number of hydrogen-bond acceptors (Lipinski definition) is 5. The van der Waals surface area contributed by atoms with Crippen LogP contribution in [0.25, 0.3) is 0 Å². The molecule has 6 nitrogen and oxygen atoms in total. The molecule has 0 bridgehead atoms. The number of piperidine rings is 1. The van der Waals surface area contributed by atoms with Crippen LogP contribution in [0.1, 0.15) is 27.4 Å². The molecular formula is C13H20N4O2S. The predicted octanol–water partition coefficient (Wildman–Crippen LogP) is 0.997. The molecule has 1 fully saturated rings. The smallest absolute Gasteiger partial charge is 0.262 e. The topological polar surface area (TPSA) is 91.0 Å². The van der Waals surface area contributed by atoms with Gasteiger partial charge in [0.25, 0.3) is 5.91 Å². The number of amides is 1. The molecular weight excluding hydrogens is 276 g/mol. The summed E-state index contributed by atoms with van der Waals surface area (Å²) in [6.07, 6.45) is 1.27. The van der Waals surface area contributed by atoms with Gasteiger partial charge >= 0.3 is 0 Å². The average Bonchev–Trinajstić information content (AvgIpc) is 2.87. The molecule has 0 saturated carbocycles. The first-order valence-corrected chi connectivity index (χ1v) is 7.34. The highest BCUT2D eigenvalue weighted by atomic mass is 32.1. The Hall–Kier alpha value is -1.60. The fraction of sp³-hybridized carbons (Fsp3) is 0.538. The normalized spacial score (nSPS) is 19.8. The molecule has 1 aliphatic rings. The summed E-state index contributed by atoms with van der Waals surface area (Å²) in [5, 5.41) is 15.1. The molecule has 0 atom stereocenters. The zero-order valence-electron chi connectivity index (χ0n) is 11.7.